The Labute approximate surface area is 126 Å². The highest BCUT2D eigenvalue weighted by atomic mass is 16.6. The minimum absolute atomic E-state index is 0.156. The van der Waals surface area contributed by atoms with Gasteiger partial charge < -0.3 is 14.2 Å². The van der Waals surface area contributed by atoms with Gasteiger partial charge in [-0.3, -0.25) is 0 Å². The molecule has 0 aliphatic heterocycles. The largest absolute Gasteiger partial charge is 0.460 e. The van der Waals surface area contributed by atoms with E-state index >= 15 is 0 Å². The normalized spacial score (nSPS) is 14.4. The van der Waals surface area contributed by atoms with Gasteiger partial charge in [0.1, 0.15) is 12.7 Å². The molecule has 21 heavy (non-hydrogen) atoms. The highest BCUT2D eigenvalue weighted by molar-refractivity contribution is 5.87. The van der Waals surface area contributed by atoms with Crippen molar-refractivity contribution in [1.29, 1.82) is 0 Å². The van der Waals surface area contributed by atoms with Crippen LogP contribution in [-0.2, 0) is 23.8 Å². The van der Waals surface area contributed by atoms with Crippen molar-refractivity contribution < 1.29 is 23.8 Å². The molecule has 120 valence electrons. The van der Waals surface area contributed by atoms with E-state index in [-0.39, 0.29) is 12.1 Å². The lowest BCUT2D eigenvalue weighted by Gasteiger charge is -2.21. The quantitative estimate of drug-likeness (QED) is 0.428. The van der Waals surface area contributed by atoms with Crippen LogP contribution in [-0.4, -0.2) is 38.4 Å². The van der Waals surface area contributed by atoms with Crippen LogP contribution in [0.5, 0.6) is 0 Å². The summed E-state index contributed by atoms with van der Waals surface area (Å²) in [5.41, 5.74) is 0.501. The van der Waals surface area contributed by atoms with Gasteiger partial charge in [-0.15, -0.1) is 0 Å². The first-order valence-electron chi connectivity index (χ1n) is 7.15. The molecule has 0 spiro atoms. The van der Waals surface area contributed by atoms with Crippen LogP contribution in [0, 0.1) is 0 Å². The zero-order valence-electron chi connectivity index (χ0n) is 13.1. The molecule has 1 aliphatic rings. The highest BCUT2D eigenvalue weighted by Crippen LogP contribution is 2.20. The molecule has 0 atom stereocenters. The number of rotatable bonds is 6. The molecule has 0 heterocycles. The van der Waals surface area contributed by atoms with Crippen LogP contribution >= 0.6 is 0 Å². The van der Waals surface area contributed by atoms with Crippen molar-refractivity contribution in [3.05, 3.63) is 24.8 Å². The molecule has 1 aliphatic carbocycles. The van der Waals surface area contributed by atoms with Crippen LogP contribution < -0.4 is 0 Å². The van der Waals surface area contributed by atoms with Crippen molar-refractivity contribution in [3.63, 3.8) is 0 Å². The Morgan fingerprint density at radius 2 is 1.81 bits per heavy atom. The molecule has 0 aromatic heterocycles. The molecule has 0 radical (unpaired) electrons. The molecule has 1 rings (SSSR count). The molecular formula is C16H26O5. The van der Waals surface area contributed by atoms with Crippen LogP contribution in [0.25, 0.3) is 0 Å². The average molecular weight is 298 g/mol. The summed E-state index contributed by atoms with van der Waals surface area (Å²) in [6, 6.07) is 0. The summed E-state index contributed by atoms with van der Waals surface area (Å²) in [4.78, 5) is 21.4. The van der Waals surface area contributed by atoms with Gasteiger partial charge in [-0.05, 0) is 32.6 Å². The fraction of sp³-hybridized carbons (Fsp3) is 0.625. The van der Waals surface area contributed by atoms with E-state index in [1.165, 1.54) is 19.3 Å². The molecule has 0 saturated heterocycles. The summed E-state index contributed by atoms with van der Waals surface area (Å²) in [5.74, 6) is -0.644. The first kappa shape index (κ1) is 19.4. The maximum absolute atomic E-state index is 11.1. The van der Waals surface area contributed by atoms with Gasteiger partial charge in [0.2, 0.25) is 0 Å². The van der Waals surface area contributed by atoms with E-state index < -0.39 is 5.97 Å². The van der Waals surface area contributed by atoms with Crippen molar-refractivity contribution >= 4 is 11.9 Å². The molecule has 1 saturated carbocycles. The Balaban J connectivity index is 0.000000400. The highest BCUT2D eigenvalue weighted by Gasteiger charge is 2.17. The molecule has 0 unspecified atom stereocenters. The molecule has 0 bridgehead atoms. The summed E-state index contributed by atoms with van der Waals surface area (Å²) in [5, 5.41) is 0. The number of methoxy groups -OCH3 is 1. The SMILES string of the molecule is C=C(C)C(=O)OC1CCCCC1.C=CC(=O)OCCOC. The van der Waals surface area contributed by atoms with Crippen molar-refractivity contribution in [2.24, 2.45) is 0 Å². The molecule has 5 heteroatoms. The Morgan fingerprint density at radius 3 is 2.29 bits per heavy atom. The molecule has 5 nitrogen and oxygen atoms in total. The van der Waals surface area contributed by atoms with Crippen LogP contribution in [0.3, 0.4) is 0 Å². The van der Waals surface area contributed by atoms with Crippen molar-refractivity contribution in [2.45, 2.75) is 45.1 Å². The summed E-state index contributed by atoms with van der Waals surface area (Å²) in [7, 11) is 1.54. The molecular weight excluding hydrogens is 272 g/mol. The third kappa shape index (κ3) is 10.8. The van der Waals surface area contributed by atoms with Crippen molar-refractivity contribution in [1.82, 2.24) is 0 Å². The lowest BCUT2D eigenvalue weighted by Crippen LogP contribution is -2.20. The summed E-state index contributed by atoms with van der Waals surface area (Å²) in [6.45, 7) is 9.18. The van der Waals surface area contributed by atoms with Crippen LogP contribution in [0.1, 0.15) is 39.0 Å². The molecule has 1 fully saturated rings. The van der Waals surface area contributed by atoms with E-state index in [1.807, 2.05) is 0 Å². The predicted octanol–water partition coefficient (Wildman–Crippen LogP) is 2.80. The second-order valence-corrected chi connectivity index (χ2v) is 4.81. The van der Waals surface area contributed by atoms with E-state index in [0.29, 0.717) is 18.8 Å². The maximum Gasteiger partial charge on any atom is 0.333 e. The van der Waals surface area contributed by atoms with E-state index in [2.05, 4.69) is 22.6 Å². The number of hydrogen-bond acceptors (Lipinski definition) is 5. The predicted molar refractivity (Wildman–Crippen MR) is 80.8 cm³/mol. The minimum Gasteiger partial charge on any atom is -0.460 e. The molecule has 0 amide bonds. The smallest absolute Gasteiger partial charge is 0.333 e. The van der Waals surface area contributed by atoms with Gasteiger partial charge in [-0.2, -0.15) is 0 Å². The fourth-order valence-electron chi connectivity index (χ4n) is 1.72. The lowest BCUT2D eigenvalue weighted by atomic mass is 9.98. The van der Waals surface area contributed by atoms with E-state index in [9.17, 15) is 9.59 Å². The third-order valence-corrected chi connectivity index (χ3v) is 2.87. The molecule has 0 aromatic carbocycles. The van der Waals surface area contributed by atoms with Gasteiger partial charge in [-0.1, -0.05) is 19.6 Å². The third-order valence-electron chi connectivity index (χ3n) is 2.87. The van der Waals surface area contributed by atoms with Crippen LogP contribution in [0.2, 0.25) is 0 Å². The van der Waals surface area contributed by atoms with Gasteiger partial charge in [0.25, 0.3) is 0 Å². The van der Waals surface area contributed by atoms with Gasteiger partial charge in [0.15, 0.2) is 0 Å². The van der Waals surface area contributed by atoms with Gasteiger partial charge in [0.05, 0.1) is 6.61 Å². The number of hydrogen-bond donors (Lipinski definition) is 0. The fourth-order valence-corrected chi connectivity index (χ4v) is 1.72. The van der Waals surface area contributed by atoms with Gasteiger partial charge in [-0.25, -0.2) is 9.59 Å². The summed E-state index contributed by atoms with van der Waals surface area (Å²) >= 11 is 0. The lowest BCUT2D eigenvalue weighted by molar-refractivity contribution is -0.145. The minimum atomic E-state index is -0.410. The standard InChI is InChI=1S/C10H16O2.C6H10O3/c1-8(2)10(11)12-9-6-4-3-5-7-9;1-3-6(7)9-5-4-8-2/h9H,1,3-7H2,2H3;3H,1,4-5H2,2H3. The van der Waals surface area contributed by atoms with Crippen LogP contribution in [0.4, 0.5) is 0 Å². The zero-order chi connectivity index (χ0) is 16.1. The van der Waals surface area contributed by atoms with Crippen LogP contribution in [0.15, 0.2) is 24.8 Å². The Bertz CT molecular complexity index is 343. The first-order chi connectivity index (χ1) is 10.0. The summed E-state index contributed by atoms with van der Waals surface area (Å²) in [6.07, 6.45) is 6.99. The van der Waals surface area contributed by atoms with Gasteiger partial charge in [0, 0.05) is 18.8 Å². The van der Waals surface area contributed by atoms with Crippen molar-refractivity contribution in [2.75, 3.05) is 20.3 Å². The number of carbonyl (C=O) groups is 2. The Kier molecular flexibility index (Phi) is 11.2. The van der Waals surface area contributed by atoms with E-state index in [1.54, 1.807) is 14.0 Å². The average Bonchev–Trinajstić information content (AvgIpc) is 2.49. The Morgan fingerprint density at radius 1 is 1.19 bits per heavy atom. The van der Waals surface area contributed by atoms with E-state index in [4.69, 9.17) is 4.74 Å². The Hall–Kier alpha value is -1.62. The zero-order valence-corrected chi connectivity index (χ0v) is 13.1. The second kappa shape index (κ2) is 12.1. The second-order valence-electron chi connectivity index (χ2n) is 4.81. The monoisotopic (exact) mass is 298 g/mol. The number of ether oxygens (including phenoxy) is 3. The number of esters is 2. The molecule has 0 N–H and O–H groups in total. The van der Waals surface area contributed by atoms with E-state index in [0.717, 1.165) is 18.9 Å². The van der Waals surface area contributed by atoms with Gasteiger partial charge >= 0.3 is 11.9 Å². The maximum atomic E-state index is 11.1. The molecule has 0 aromatic rings. The number of carbonyl (C=O) groups excluding carboxylic acids is 2. The first-order valence-corrected chi connectivity index (χ1v) is 7.15. The van der Waals surface area contributed by atoms with Crippen molar-refractivity contribution in [3.8, 4) is 0 Å². The topological polar surface area (TPSA) is 61.8 Å². The summed E-state index contributed by atoms with van der Waals surface area (Å²) < 4.78 is 14.4.